The van der Waals surface area contributed by atoms with Gasteiger partial charge in [-0.1, -0.05) is 78.5 Å². The van der Waals surface area contributed by atoms with Gasteiger partial charge in [0.15, 0.2) is 11.8 Å². The number of amides is 2. The summed E-state index contributed by atoms with van der Waals surface area (Å²) in [6, 6.07) is 17.6. The van der Waals surface area contributed by atoms with Gasteiger partial charge in [0.2, 0.25) is 6.61 Å². The normalized spacial score (nSPS) is 18.0. The molecule has 2 aliphatic heterocycles. The molecule has 2 atom stereocenters. The molecule has 0 bridgehead atoms. The summed E-state index contributed by atoms with van der Waals surface area (Å²) in [5.41, 5.74) is 1.23. The molecule has 1 unspecified atom stereocenters. The van der Waals surface area contributed by atoms with Crippen LogP contribution in [0.1, 0.15) is 43.7 Å². The van der Waals surface area contributed by atoms with E-state index in [4.69, 9.17) is 14.3 Å². The number of esters is 2. The summed E-state index contributed by atoms with van der Waals surface area (Å²) in [5, 5.41) is 5.88. The smallest absolute Gasteiger partial charge is 0.356 e. The molecule has 1 saturated heterocycles. The minimum Gasteiger partial charge on any atom is -0.457 e. The van der Waals surface area contributed by atoms with Crippen LogP contribution in [0.2, 0.25) is 0 Å². The molecule has 3 aromatic rings. The highest BCUT2D eigenvalue weighted by atomic mass is 32.2. The van der Waals surface area contributed by atoms with Gasteiger partial charge in [0.25, 0.3) is 11.8 Å². The maximum absolute atomic E-state index is 13.8. The highest BCUT2D eigenvalue weighted by Gasteiger charge is 2.54. The second kappa shape index (κ2) is 14.1. The molecule has 0 saturated carbocycles. The van der Waals surface area contributed by atoms with Crippen LogP contribution >= 0.6 is 23.5 Å². The third-order valence-electron chi connectivity index (χ3n) is 6.73. The highest BCUT2D eigenvalue weighted by Crippen LogP contribution is 2.42. The average Bonchev–Trinajstić information content (AvgIpc) is 3.58. The molecular formula is C32H31N5O7S2. The molecule has 1 N–H and O–H groups in total. The van der Waals surface area contributed by atoms with Crippen molar-refractivity contribution in [2.24, 2.45) is 5.16 Å². The van der Waals surface area contributed by atoms with Crippen molar-refractivity contribution in [2.45, 2.75) is 43.9 Å². The fraction of sp³-hybridized carbons (Fsp3) is 0.281. The van der Waals surface area contributed by atoms with E-state index < -0.39 is 53.5 Å². The number of hydrogen-bond acceptors (Lipinski definition) is 12. The fourth-order valence-electron chi connectivity index (χ4n) is 4.74. The van der Waals surface area contributed by atoms with Gasteiger partial charge < -0.3 is 19.6 Å². The number of allylic oxidation sites excluding steroid dienone is 1. The Bertz CT molecular complexity index is 1630. The van der Waals surface area contributed by atoms with Crippen molar-refractivity contribution in [2.75, 3.05) is 12.4 Å². The van der Waals surface area contributed by atoms with E-state index in [-0.39, 0.29) is 17.1 Å². The molecule has 0 radical (unpaired) electrons. The van der Waals surface area contributed by atoms with Crippen molar-refractivity contribution >= 4 is 53.0 Å². The number of β-lactam (4-membered cyclic amide) rings is 1. The number of oxime groups is 1. The van der Waals surface area contributed by atoms with Gasteiger partial charge in [-0.05, 0) is 37.5 Å². The molecule has 2 aliphatic rings. The van der Waals surface area contributed by atoms with Crippen LogP contribution in [-0.2, 0) is 33.5 Å². The third kappa shape index (κ3) is 7.35. The largest absolute Gasteiger partial charge is 0.457 e. The van der Waals surface area contributed by atoms with Crippen LogP contribution in [-0.4, -0.2) is 72.5 Å². The van der Waals surface area contributed by atoms with Crippen molar-refractivity contribution in [3.63, 3.8) is 0 Å². The first-order valence-electron chi connectivity index (χ1n) is 14.2. The number of carbonyl (C=O) groups excluding carboxylic acids is 4. The SMILES string of the molecule is C=CC1=C(C(=O)OC(c2ccccc2)c2ccccc2)N2C(=O)C(NC(=O)/C(=N\OCC(=O)OC(C)(C)C)c3cnsn3)[C@H]2SC1. The molecule has 46 heavy (non-hydrogen) atoms. The van der Waals surface area contributed by atoms with Gasteiger partial charge >= 0.3 is 11.9 Å². The number of benzene rings is 2. The number of carbonyl (C=O) groups is 4. The van der Waals surface area contributed by atoms with E-state index >= 15 is 0 Å². The molecule has 0 aliphatic carbocycles. The summed E-state index contributed by atoms with van der Waals surface area (Å²) in [4.78, 5) is 59.2. The summed E-state index contributed by atoms with van der Waals surface area (Å²) in [6.07, 6.45) is 2.12. The van der Waals surface area contributed by atoms with Crippen molar-refractivity contribution in [1.82, 2.24) is 19.0 Å². The van der Waals surface area contributed by atoms with Crippen molar-refractivity contribution < 1.29 is 33.5 Å². The first-order valence-corrected chi connectivity index (χ1v) is 16.0. The van der Waals surface area contributed by atoms with Crippen LogP contribution in [0.5, 0.6) is 0 Å². The van der Waals surface area contributed by atoms with Crippen LogP contribution in [0.15, 0.2) is 95.9 Å². The molecule has 5 rings (SSSR count). The lowest BCUT2D eigenvalue weighted by Gasteiger charge is -2.49. The first kappa shape index (κ1) is 32.6. The first-order chi connectivity index (χ1) is 22.1. The lowest BCUT2D eigenvalue weighted by molar-refractivity contribution is -0.160. The van der Waals surface area contributed by atoms with Gasteiger partial charge in [-0.3, -0.25) is 14.5 Å². The number of fused-ring (bicyclic) bond motifs is 1. The summed E-state index contributed by atoms with van der Waals surface area (Å²) in [7, 11) is 0. The molecule has 2 aromatic carbocycles. The minimum atomic E-state index is -0.992. The summed E-state index contributed by atoms with van der Waals surface area (Å²) >= 11 is 2.21. The Morgan fingerprint density at radius 1 is 1.11 bits per heavy atom. The maximum atomic E-state index is 13.8. The minimum absolute atomic E-state index is 0.0735. The summed E-state index contributed by atoms with van der Waals surface area (Å²) in [5.74, 6) is -2.31. The zero-order chi connectivity index (χ0) is 32.8. The van der Waals surface area contributed by atoms with E-state index in [0.717, 1.165) is 22.9 Å². The molecule has 3 heterocycles. The van der Waals surface area contributed by atoms with E-state index in [1.54, 1.807) is 20.8 Å². The summed E-state index contributed by atoms with van der Waals surface area (Å²) < 4.78 is 19.2. The molecule has 0 spiro atoms. The maximum Gasteiger partial charge on any atom is 0.356 e. The van der Waals surface area contributed by atoms with Crippen LogP contribution in [0.3, 0.4) is 0 Å². The Labute approximate surface area is 273 Å². The second-order valence-corrected chi connectivity index (χ2v) is 12.8. The van der Waals surface area contributed by atoms with Crippen molar-refractivity contribution in [1.29, 1.82) is 0 Å². The molecule has 2 amide bonds. The number of hydrogen-bond donors (Lipinski definition) is 1. The van der Waals surface area contributed by atoms with E-state index in [9.17, 15) is 19.2 Å². The Morgan fingerprint density at radius 2 is 1.76 bits per heavy atom. The van der Waals surface area contributed by atoms with E-state index in [0.29, 0.717) is 11.3 Å². The fourth-order valence-corrected chi connectivity index (χ4v) is 6.50. The Kier molecular flexibility index (Phi) is 9.97. The van der Waals surface area contributed by atoms with Crippen LogP contribution in [0.4, 0.5) is 0 Å². The van der Waals surface area contributed by atoms with Crippen LogP contribution in [0.25, 0.3) is 0 Å². The number of aromatic nitrogens is 2. The lowest BCUT2D eigenvalue weighted by Crippen LogP contribution is -2.71. The number of nitrogens with zero attached hydrogens (tertiary/aromatic N) is 4. The Hall–Kier alpha value is -4.82. The van der Waals surface area contributed by atoms with Gasteiger partial charge in [-0.25, -0.2) is 9.59 Å². The number of ether oxygens (including phenoxy) is 2. The predicted octanol–water partition coefficient (Wildman–Crippen LogP) is 3.77. The van der Waals surface area contributed by atoms with Gasteiger partial charge in [0.05, 0.1) is 17.9 Å². The number of thioether (sulfide) groups is 1. The van der Waals surface area contributed by atoms with E-state index in [1.807, 2.05) is 60.7 Å². The average molecular weight is 662 g/mol. The Balaban J connectivity index is 1.32. The molecule has 238 valence electrons. The van der Waals surface area contributed by atoms with Gasteiger partial charge in [0.1, 0.15) is 28.4 Å². The molecule has 14 heteroatoms. The van der Waals surface area contributed by atoms with Gasteiger partial charge in [-0.15, -0.1) is 11.8 Å². The second-order valence-electron chi connectivity index (χ2n) is 11.1. The molecular weight excluding hydrogens is 631 g/mol. The van der Waals surface area contributed by atoms with Crippen LogP contribution in [0, 0.1) is 0 Å². The number of rotatable bonds is 11. The molecule has 12 nitrogen and oxygen atoms in total. The zero-order valence-electron chi connectivity index (χ0n) is 25.2. The van der Waals surface area contributed by atoms with Gasteiger partial charge in [0, 0.05) is 5.75 Å². The third-order valence-corrected chi connectivity index (χ3v) is 8.51. The van der Waals surface area contributed by atoms with Crippen molar-refractivity contribution in [3.8, 4) is 0 Å². The van der Waals surface area contributed by atoms with Crippen molar-refractivity contribution in [3.05, 3.63) is 108 Å². The van der Waals surface area contributed by atoms with E-state index in [1.165, 1.54) is 28.9 Å². The number of nitrogens with one attached hydrogen (secondary N) is 1. The lowest BCUT2D eigenvalue weighted by atomic mass is 10.0. The highest BCUT2D eigenvalue weighted by molar-refractivity contribution is 8.00. The quantitative estimate of drug-likeness (QED) is 0.139. The summed E-state index contributed by atoms with van der Waals surface area (Å²) in [6.45, 7) is 8.41. The van der Waals surface area contributed by atoms with E-state index in [2.05, 4.69) is 25.8 Å². The standard InChI is InChI=1S/C32H31N5O7S2/c1-5-19-18-45-30-25(34-28(39)24(22-16-33-46-36-22)35-42-17-23(38)44-32(2,3)4)29(40)37(30)26(19)31(41)43-27(20-12-8-6-9-13-20)21-14-10-7-11-15-21/h5-16,25,27,30H,1,17-18H2,2-4H3,(H,34,39)/b35-24-/t25?,30-/m1/s1. The molecule has 1 aromatic heterocycles. The molecule has 1 fully saturated rings. The topological polar surface area (TPSA) is 149 Å². The Morgan fingerprint density at radius 3 is 2.33 bits per heavy atom. The van der Waals surface area contributed by atoms with Gasteiger partial charge in [-0.2, -0.15) is 8.75 Å². The predicted molar refractivity (Wildman–Crippen MR) is 171 cm³/mol. The monoisotopic (exact) mass is 661 g/mol. The zero-order valence-corrected chi connectivity index (χ0v) is 26.9. The van der Waals surface area contributed by atoms with Crippen LogP contribution < -0.4 is 5.32 Å².